The summed E-state index contributed by atoms with van der Waals surface area (Å²) in [5, 5.41) is 59.1. The number of rotatable bonds is 10. The van der Waals surface area contributed by atoms with Crippen molar-refractivity contribution in [2.75, 3.05) is 0 Å². The van der Waals surface area contributed by atoms with Gasteiger partial charge < -0.3 is 10.2 Å². The summed E-state index contributed by atoms with van der Waals surface area (Å²) in [4.78, 5) is 29.8. The number of benzene rings is 5. The van der Waals surface area contributed by atoms with Crippen molar-refractivity contribution in [1.82, 2.24) is 0 Å². The summed E-state index contributed by atoms with van der Waals surface area (Å²) in [6, 6.07) is 25.9. The zero-order valence-corrected chi connectivity index (χ0v) is 24.6. The van der Waals surface area contributed by atoms with Crippen LogP contribution in [0.3, 0.4) is 0 Å². The lowest BCUT2D eigenvalue weighted by Crippen LogP contribution is -1.85. The van der Waals surface area contributed by atoms with Gasteiger partial charge in [-0.1, -0.05) is 6.07 Å². The molecular formula is C33H24N8O6. The summed E-state index contributed by atoms with van der Waals surface area (Å²) in [6.45, 7) is 1.90. The van der Waals surface area contributed by atoms with Crippen LogP contribution >= 0.6 is 0 Å². The Morgan fingerprint density at radius 2 is 0.936 bits per heavy atom. The molecule has 14 heteroatoms. The van der Waals surface area contributed by atoms with Crippen LogP contribution in [0.5, 0.6) is 11.5 Å². The van der Waals surface area contributed by atoms with Gasteiger partial charge in [0.05, 0.1) is 44.0 Å². The zero-order valence-electron chi connectivity index (χ0n) is 24.6. The molecule has 14 nitrogen and oxygen atoms in total. The number of hydrogen-bond donors (Lipinski definition) is 2. The van der Waals surface area contributed by atoms with Gasteiger partial charge in [-0.15, -0.1) is 0 Å². The number of hydrogen-bond acceptors (Lipinski definition) is 12. The molecule has 5 aromatic rings. The number of nitrogens with zero attached hydrogens (tertiary/aromatic N) is 8. The quantitative estimate of drug-likeness (QED) is 0.0666. The Balaban J connectivity index is 1.34. The molecule has 0 amide bonds. The smallest absolute Gasteiger partial charge is 0.269 e. The summed E-state index contributed by atoms with van der Waals surface area (Å²) >= 11 is 0. The minimum Gasteiger partial charge on any atom is -0.507 e. The van der Waals surface area contributed by atoms with Crippen LogP contribution < -0.4 is 0 Å². The molecule has 5 aromatic carbocycles. The van der Waals surface area contributed by atoms with Crippen LogP contribution in [0.2, 0.25) is 0 Å². The maximum Gasteiger partial charge on any atom is 0.269 e. The van der Waals surface area contributed by atoms with E-state index < -0.39 is 9.85 Å². The van der Waals surface area contributed by atoms with Gasteiger partial charge in [0.15, 0.2) is 0 Å². The first kappa shape index (κ1) is 31.5. The highest BCUT2D eigenvalue weighted by molar-refractivity contribution is 5.90. The second kappa shape index (κ2) is 14.2. The lowest BCUT2D eigenvalue weighted by atomic mass is 10.1. The monoisotopic (exact) mass is 628 g/mol. The molecule has 5 rings (SSSR count). The van der Waals surface area contributed by atoms with Crippen LogP contribution in [0.25, 0.3) is 0 Å². The van der Waals surface area contributed by atoms with Crippen LogP contribution in [0, 0.1) is 27.2 Å². The van der Waals surface area contributed by atoms with E-state index in [1.165, 1.54) is 73.1 Å². The predicted molar refractivity (Wildman–Crippen MR) is 176 cm³/mol. The minimum absolute atomic E-state index is 0.0367. The van der Waals surface area contributed by atoms with Gasteiger partial charge in [-0.3, -0.25) is 30.2 Å². The van der Waals surface area contributed by atoms with Crippen molar-refractivity contribution in [3.05, 3.63) is 140 Å². The van der Waals surface area contributed by atoms with Crippen LogP contribution in [0.1, 0.15) is 16.7 Å². The van der Waals surface area contributed by atoms with E-state index in [0.29, 0.717) is 45.3 Å². The Morgan fingerprint density at radius 3 is 1.38 bits per heavy atom. The Labute approximate surface area is 266 Å². The number of non-ortho nitro benzene ring substituents is 2. The molecule has 0 aromatic heterocycles. The molecule has 0 aliphatic heterocycles. The van der Waals surface area contributed by atoms with Crippen molar-refractivity contribution in [3.63, 3.8) is 0 Å². The van der Waals surface area contributed by atoms with Crippen molar-refractivity contribution in [3.8, 4) is 11.5 Å². The molecule has 0 aliphatic carbocycles. The summed E-state index contributed by atoms with van der Waals surface area (Å²) in [5.41, 5.74) is 4.20. The van der Waals surface area contributed by atoms with Gasteiger partial charge in [0, 0.05) is 47.8 Å². The normalized spacial score (nSPS) is 11.7. The molecule has 0 bridgehead atoms. The minimum atomic E-state index is -0.500. The molecule has 2 N–H and O–H groups in total. The van der Waals surface area contributed by atoms with Crippen molar-refractivity contribution >= 4 is 57.9 Å². The second-order valence-electron chi connectivity index (χ2n) is 9.94. The number of aliphatic imine (C=N–C) groups is 2. The molecule has 0 radical (unpaired) electrons. The van der Waals surface area contributed by atoms with Crippen LogP contribution in [-0.2, 0) is 0 Å². The van der Waals surface area contributed by atoms with Crippen molar-refractivity contribution in [1.29, 1.82) is 0 Å². The van der Waals surface area contributed by atoms with E-state index in [4.69, 9.17) is 0 Å². The van der Waals surface area contributed by atoms with Gasteiger partial charge in [0.2, 0.25) is 0 Å². The lowest BCUT2D eigenvalue weighted by molar-refractivity contribution is -0.385. The van der Waals surface area contributed by atoms with E-state index in [-0.39, 0.29) is 22.9 Å². The van der Waals surface area contributed by atoms with E-state index in [1.54, 1.807) is 30.3 Å². The molecule has 0 spiro atoms. The fourth-order valence-electron chi connectivity index (χ4n) is 4.05. The predicted octanol–water partition coefficient (Wildman–Crippen LogP) is 9.55. The highest BCUT2D eigenvalue weighted by atomic mass is 16.6. The molecule has 0 heterocycles. The molecule has 0 aliphatic rings. The highest BCUT2D eigenvalue weighted by Crippen LogP contribution is 2.32. The molecule has 232 valence electrons. The highest BCUT2D eigenvalue weighted by Gasteiger charge is 2.07. The Bertz CT molecular complexity index is 2080. The number of phenolic OH excluding ortho intramolecular Hbond substituents is 2. The fraction of sp³-hybridized carbons (Fsp3) is 0.0303. The maximum absolute atomic E-state index is 10.9. The van der Waals surface area contributed by atoms with Gasteiger partial charge in [0.1, 0.15) is 11.5 Å². The Kier molecular flexibility index (Phi) is 9.52. The average molecular weight is 629 g/mol. The van der Waals surface area contributed by atoms with E-state index >= 15 is 0 Å². The van der Waals surface area contributed by atoms with Gasteiger partial charge >= 0.3 is 0 Å². The number of azo groups is 2. The van der Waals surface area contributed by atoms with E-state index in [9.17, 15) is 30.4 Å². The first-order valence-corrected chi connectivity index (χ1v) is 13.8. The van der Waals surface area contributed by atoms with E-state index in [1.807, 2.05) is 19.1 Å². The maximum atomic E-state index is 10.9. The molecule has 0 fully saturated rings. The van der Waals surface area contributed by atoms with Gasteiger partial charge in [-0.2, -0.15) is 20.5 Å². The summed E-state index contributed by atoms with van der Waals surface area (Å²) in [7, 11) is 0. The lowest BCUT2D eigenvalue weighted by Gasteiger charge is -2.04. The van der Waals surface area contributed by atoms with Crippen molar-refractivity contribution in [2.45, 2.75) is 6.92 Å². The molecular weight excluding hydrogens is 604 g/mol. The third kappa shape index (κ3) is 8.36. The van der Waals surface area contributed by atoms with Crippen molar-refractivity contribution in [2.24, 2.45) is 30.4 Å². The average Bonchev–Trinajstić information content (AvgIpc) is 3.07. The van der Waals surface area contributed by atoms with Gasteiger partial charge in [-0.25, -0.2) is 0 Å². The van der Waals surface area contributed by atoms with E-state index in [0.717, 1.165) is 5.56 Å². The van der Waals surface area contributed by atoms with Crippen LogP contribution in [0.4, 0.5) is 45.5 Å². The number of phenols is 2. The molecule has 47 heavy (non-hydrogen) atoms. The topological polar surface area (TPSA) is 201 Å². The standard InChI is InChI=1S/C33H24N8O6/c1-21-2-13-30(34-19-22-17-26(7-14-32(22)42)38-36-24-3-9-28(10-4-24)40(44)45)31(16-21)35-20-23-18-27(8-15-33(23)43)39-37-25-5-11-29(12-6-25)41(46)47/h2-20,42-43H,1H3. The van der Waals surface area contributed by atoms with E-state index in [2.05, 4.69) is 30.4 Å². The first-order chi connectivity index (χ1) is 22.6. The number of aromatic hydroxyl groups is 2. The van der Waals surface area contributed by atoms with Crippen molar-refractivity contribution < 1.29 is 20.1 Å². The first-order valence-electron chi connectivity index (χ1n) is 13.8. The largest absolute Gasteiger partial charge is 0.507 e. The Hall–Kier alpha value is -6.96. The second-order valence-corrected chi connectivity index (χ2v) is 9.94. The van der Waals surface area contributed by atoms with Gasteiger partial charge in [-0.05, 0) is 85.3 Å². The summed E-state index contributed by atoms with van der Waals surface area (Å²) in [5.74, 6) is -0.0739. The molecule has 0 saturated heterocycles. The molecule has 0 atom stereocenters. The van der Waals surface area contributed by atoms with Crippen LogP contribution in [-0.4, -0.2) is 32.5 Å². The summed E-state index contributed by atoms with van der Waals surface area (Å²) < 4.78 is 0. The number of nitro benzene ring substituents is 2. The third-order valence-corrected chi connectivity index (χ3v) is 6.52. The summed E-state index contributed by atoms with van der Waals surface area (Å²) in [6.07, 6.45) is 2.92. The fourth-order valence-corrected chi connectivity index (χ4v) is 4.05. The third-order valence-electron chi connectivity index (χ3n) is 6.52. The zero-order chi connectivity index (χ0) is 33.3. The number of aryl methyl sites for hydroxylation is 1. The molecule has 0 unspecified atom stereocenters. The van der Waals surface area contributed by atoms with Crippen LogP contribution in [0.15, 0.2) is 134 Å². The number of nitro groups is 2. The molecule has 0 saturated carbocycles. The van der Waals surface area contributed by atoms with Gasteiger partial charge in [0.25, 0.3) is 11.4 Å². The SMILES string of the molecule is Cc1ccc(N=Cc2cc(N=Nc3ccc([N+](=O)[O-])cc3)ccc2O)c(N=Cc2cc(N=Nc3ccc([N+](=O)[O-])cc3)ccc2O)c1. The Morgan fingerprint density at radius 1 is 0.532 bits per heavy atom.